The van der Waals surface area contributed by atoms with E-state index in [4.69, 9.17) is 23.4 Å². The molecule has 0 aliphatic carbocycles. The lowest BCUT2D eigenvalue weighted by Gasteiger charge is -2.44. The van der Waals surface area contributed by atoms with Gasteiger partial charge in [-0.2, -0.15) is 0 Å². The number of rotatable bonds is 6. The molecular weight excluding hydrogens is 584 g/mol. The van der Waals surface area contributed by atoms with Gasteiger partial charge < -0.3 is 79.5 Å². The van der Waals surface area contributed by atoms with Gasteiger partial charge in [-0.05, 0) is 12.1 Å². The molecule has 3 heterocycles. The number of phenolic OH excluding ortho intramolecular Hbond substituents is 5. The summed E-state index contributed by atoms with van der Waals surface area (Å²) in [6, 6.07) is 3.54. The van der Waals surface area contributed by atoms with Crippen molar-refractivity contribution in [3.8, 4) is 45.8 Å². The zero-order valence-corrected chi connectivity index (χ0v) is 21.8. The predicted octanol–water partition coefficient (Wildman–Crippen LogP) is -2.37. The summed E-state index contributed by atoms with van der Waals surface area (Å²) >= 11 is 0. The van der Waals surface area contributed by atoms with Crippen molar-refractivity contribution in [1.29, 1.82) is 0 Å². The van der Waals surface area contributed by atoms with Gasteiger partial charge in [0.05, 0.1) is 13.2 Å². The zero-order chi connectivity index (χ0) is 31.3. The number of aliphatic hydroxyl groups is 6. The first-order valence-electron chi connectivity index (χ1n) is 12.7. The molecule has 2 aliphatic rings. The van der Waals surface area contributed by atoms with Crippen LogP contribution in [0.3, 0.4) is 0 Å². The molecule has 0 amide bonds. The smallest absolute Gasteiger partial charge is 0.239 e. The van der Waals surface area contributed by atoms with E-state index in [2.05, 4.69) is 0 Å². The Morgan fingerprint density at radius 3 is 2.14 bits per heavy atom. The van der Waals surface area contributed by atoms with Gasteiger partial charge in [0.25, 0.3) is 0 Å². The van der Waals surface area contributed by atoms with Gasteiger partial charge in [-0.25, -0.2) is 0 Å². The van der Waals surface area contributed by atoms with Crippen LogP contribution in [0.5, 0.6) is 34.5 Å². The SMILES string of the molecule is O=c1c(O[C@@H]2O[C@H](CO)[C@H](O)[C@H](O)[C@H]2O[C@@H]2OC[C@@H](O)[C@H](O)[C@H]2O)c(-c2cc(O)c(O)c(O)c2)oc2cc(O)cc(O)c12. The molecule has 2 fully saturated rings. The number of benzene rings is 2. The first-order valence-corrected chi connectivity index (χ1v) is 12.7. The molecule has 43 heavy (non-hydrogen) atoms. The lowest BCUT2D eigenvalue weighted by Crippen LogP contribution is -2.64. The molecule has 2 aromatic carbocycles. The first-order chi connectivity index (χ1) is 20.3. The van der Waals surface area contributed by atoms with Crippen LogP contribution in [0, 0.1) is 0 Å². The summed E-state index contributed by atoms with van der Waals surface area (Å²) in [4.78, 5) is 13.7. The molecule has 1 aromatic heterocycles. The van der Waals surface area contributed by atoms with Crippen molar-refractivity contribution in [2.75, 3.05) is 13.2 Å². The van der Waals surface area contributed by atoms with Gasteiger partial charge in [-0.3, -0.25) is 4.79 Å². The first kappa shape index (κ1) is 30.5. The maximum absolute atomic E-state index is 13.7. The molecule has 0 bridgehead atoms. The van der Waals surface area contributed by atoms with Crippen molar-refractivity contribution >= 4 is 11.0 Å². The van der Waals surface area contributed by atoms with Crippen LogP contribution in [0.2, 0.25) is 0 Å². The number of aromatic hydroxyl groups is 5. The van der Waals surface area contributed by atoms with Crippen LogP contribution in [0.15, 0.2) is 33.5 Å². The van der Waals surface area contributed by atoms with Crippen LogP contribution >= 0.6 is 0 Å². The van der Waals surface area contributed by atoms with Gasteiger partial charge in [0, 0.05) is 17.7 Å². The third-order valence-corrected chi connectivity index (χ3v) is 7.05. The lowest BCUT2D eigenvalue weighted by molar-refractivity contribution is -0.345. The molecule has 0 saturated carbocycles. The molecule has 5 rings (SSSR count). The highest BCUT2D eigenvalue weighted by molar-refractivity contribution is 5.88. The number of aliphatic hydroxyl groups excluding tert-OH is 6. The summed E-state index contributed by atoms with van der Waals surface area (Å²) in [5.74, 6) is -5.23. The normalized spacial score (nSPS) is 31.3. The third-order valence-electron chi connectivity index (χ3n) is 7.05. The molecule has 2 aliphatic heterocycles. The number of ether oxygens (including phenoxy) is 4. The molecule has 0 spiro atoms. The van der Waals surface area contributed by atoms with Gasteiger partial charge in [0.15, 0.2) is 35.4 Å². The Morgan fingerprint density at radius 1 is 0.814 bits per heavy atom. The van der Waals surface area contributed by atoms with Crippen molar-refractivity contribution in [3.05, 3.63) is 34.5 Å². The molecule has 0 unspecified atom stereocenters. The fourth-order valence-corrected chi connectivity index (χ4v) is 4.77. The highest BCUT2D eigenvalue weighted by Crippen LogP contribution is 2.43. The molecule has 0 radical (unpaired) electrons. The van der Waals surface area contributed by atoms with Crippen molar-refractivity contribution in [3.63, 3.8) is 0 Å². The van der Waals surface area contributed by atoms with E-state index >= 15 is 0 Å². The number of phenols is 5. The Hall–Kier alpha value is -3.91. The number of hydrogen-bond acceptors (Lipinski definition) is 17. The average Bonchev–Trinajstić information content (AvgIpc) is 2.95. The van der Waals surface area contributed by atoms with Crippen LogP contribution in [-0.2, 0) is 14.2 Å². The monoisotopic (exact) mass is 612 g/mol. The topological polar surface area (TPSA) is 290 Å². The fourth-order valence-electron chi connectivity index (χ4n) is 4.77. The van der Waals surface area contributed by atoms with Gasteiger partial charge >= 0.3 is 0 Å². The van der Waals surface area contributed by atoms with E-state index in [1.807, 2.05) is 0 Å². The molecule has 9 atom stereocenters. The van der Waals surface area contributed by atoms with E-state index in [1.165, 1.54) is 0 Å². The molecule has 17 heteroatoms. The summed E-state index contributed by atoms with van der Waals surface area (Å²) in [7, 11) is 0. The number of hydrogen-bond donors (Lipinski definition) is 11. The lowest BCUT2D eigenvalue weighted by atomic mass is 9.98. The largest absolute Gasteiger partial charge is 0.508 e. The van der Waals surface area contributed by atoms with E-state index in [0.29, 0.717) is 0 Å². The minimum Gasteiger partial charge on any atom is -0.508 e. The maximum Gasteiger partial charge on any atom is 0.239 e. The van der Waals surface area contributed by atoms with Crippen LogP contribution in [0.25, 0.3) is 22.3 Å². The Kier molecular flexibility index (Phi) is 8.27. The molecule has 17 nitrogen and oxygen atoms in total. The minimum absolute atomic E-state index is 0.277. The zero-order valence-electron chi connectivity index (χ0n) is 21.8. The summed E-state index contributed by atoms with van der Waals surface area (Å²) in [6.07, 6.45) is -15.8. The van der Waals surface area contributed by atoms with E-state index < -0.39 is 120 Å². The van der Waals surface area contributed by atoms with Crippen LogP contribution in [0.1, 0.15) is 0 Å². The number of fused-ring (bicyclic) bond motifs is 1. The van der Waals surface area contributed by atoms with Gasteiger partial charge in [0.1, 0.15) is 59.1 Å². The standard InChI is InChI=1S/C26H28O17/c27-5-14-18(35)20(37)24(43-25-21(38)17(34)12(32)6-39-25)26(41-14)42-23-19(36)15-9(29)3-8(28)4-13(15)40-22(23)7-1-10(30)16(33)11(31)2-7/h1-4,12,14,17-18,20-21,24-35,37-38H,5-6H2/t12-,14-,17+,18+,20+,21-,24-,25+,26+/m1/s1. The molecule has 2 saturated heterocycles. The Balaban J connectivity index is 1.64. The average molecular weight is 612 g/mol. The third kappa shape index (κ3) is 5.49. The predicted molar refractivity (Wildman–Crippen MR) is 137 cm³/mol. The van der Waals surface area contributed by atoms with Crippen LogP contribution in [0.4, 0.5) is 0 Å². The second kappa shape index (κ2) is 11.6. The van der Waals surface area contributed by atoms with E-state index in [9.17, 15) is 61.0 Å². The quantitative estimate of drug-likeness (QED) is 0.130. The Labute approximate surface area is 239 Å². The van der Waals surface area contributed by atoms with E-state index in [1.54, 1.807) is 0 Å². The highest BCUT2D eigenvalue weighted by atomic mass is 16.8. The summed E-state index contributed by atoms with van der Waals surface area (Å²) < 4.78 is 27.8. The summed E-state index contributed by atoms with van der Waals surface area (Å²) in [5.41, 5.74) is -1.78. The van der Waals surface area contributed by atoms with Crippen molar-refractivity contribution < 1.29 is 79.5 Å². The van der Waals surface area contributed by atoms with Crippen molar-refractivity contribution in [2.45, 2.75) is 55.3 Å². The van der Waals surface area contributed by atoms with Gasteiger partial charge in [-0.1, -0.05) is 0 Å². The van der Waals surface area contributed by atoms with Crippen LogP contribution in [-0.4, -0.2) is 125 Å². The van der Waals surface area contributed by atoms with Crippen LogP contribution < -0.4 is 10.2 Å². The maximum atomic E-state index is 13.7. The van der Waals surface area contributed by atoms with E-state index in [-0.39, 0.29) is 11.1 Å². The second-order valence-corrected chi connectivity index (χ2v) is 9.97. The van der Waals surface area contributed by atoms with Crippen molar-refractivity contribution in [2.24, 2.45) is 0 Å². The highest BCUT2D eigenvalue weighted by Gasteiger charge is 2.50. The van der Waals surface area contributed by atoms with E-state index in [0.717, 1.165) is 24.3 Å². The van der Waals surface area contributed by atoms with Crippen molar-refractivity contribution in [1.82, 2.24) is 0 Å². The fraction of sp³-hybridized carbons (Fsp3) is 0.423. The van der Waals surface area contributed by atoms with Gasteiger partial charge in [0.2, 0.25) is 17.5 Å². The Morgan fingerprint density at radius 2 is 1.49 bits per heavy atom. The molecule has 234 valence electrons. The molecule has 3 aromatic rings. The minimum atomic E-state index is -1.95. The Bertz CT molecular complexity index is 1530. The second-order valence-electron chi connectivity index (χ2n) is 9.97. The molecular formula is C26H28O17. The molecule has 11 N–H and O–H groups in total. The summed E-state index contributed by atoms with van der Waals surface area (Å²) in [5, 5.41) is 111. The van der Waals surface area contributed by atoms with Gasteiger partial charge in [-0.15, -0.1) is 0 Å². The summed E-state index contributed by atoms with van der Waals surface area (Å²) in [6.45, 7) is -1.37.